The van der Waals surface area contributed by atoms with Gasteiger partial charge in [-0.3, -0.25) is 9.98 Å². The predicted octanol–water partition coefficient (Wildman–Crippen LogP) is 2.34. The summed E-state index contributed by atoms with van der Waals surface area (Å²) in [5, 5.41) is 10.4. The summed E-state index contributed by atoms with van der Waals surface area (Å²) in [5.74, 6) is -0.435. The number of hydrogen-bond donors (Lipinski definition) is 2. The third-order valence-corrected chi connectivity index (χ3v) is 5.54. The van der Waals surface area contributed by atoms with Crippen LogP contribution in [0.5, 0.6) is 0 Å². The second kappa shape index (κ2) is 9.40. The van der Waals surface area contributed by atoms with Crippen LogP contribution < -0.4 is 10.6 Å². The number of pyridine rings is 2. The van der Waals surface area contributed by atoms with Crippen LogP contribution in [0.2, 0.25) is 0 Å². The molecule has 0 bridgehead atoms. The number of ether oxygens (including phenoxy) is 2. The number of anilines is 1. The minimum absolute atomic E-state index is 0.0770. The normalized spacial score (nSPS) is 22.9. The van der Waals surface area contributed by atoms with Gasteiger partial charge in [-0.05, 0) is 50.6 Å². The van der Waals surface area contributed by atoms with E-state index in [2.05, 4.69) is 9.88 Å². The van der Waals surface area contributed by atoms with Gasteiger partial charge in [0, 0.05) is 24.7 Å². The largest absolute Gasteiger partial charge is 0.478 e. The van der Waals surface area contributed by atoms with Crippen LogP contribution in [0.15, 0.2) is 35.6 Å². The Morgan fingerprint density at radius 3 is 2.97 bits per heavy atom. The van der Waals surface area contributed by atoms with Crippen LogP contribution in [-0.2, 0) is 9.47 Å². The van der Waals surface area contributed by atoms with Crippen molar-refractivity contribution in [2.24, 2.45) is 10.7 Å². The van der Waals surface area contributed by atoms with Crippen molar-refractivity contribution in [2.75, 3.05) is 31.3 Å². The highest BCUT2D eigenvalue weighted by molar-refractivity contribution is 6.16. The quantitative estimate of drug-likeness (QED) is 0.700. The van der Waals surface area contributed by atoms with Crippen LogP contribution in [0.3, 0.4) is 0 Å². The van der Waals surface area contributed by atoms with E-state index in [-0.39, 0.29) is 17.8 Å². The van der Waals surface area contributed by atoms with Crippen molar-refractivity contribution in [3.63, 3.8) is 0 Å². The van der Waals surface area contributed by atoms with Crippen LogP contribution >= 0.6 is 0 Å². The lowest BCUT2D eigenvalue weighted by Gasteiger charge is -2.34. The maximum absolute atomic E-state index is 12.1. The first kappa shape index (κ1) is 21.2. The van der Waals surface area contributed by atoms with Crippen molar-refractivity contribution in [1.29, 1.82) is 0 Å². The highest BCUT2D eigenvalue weighted by Gasteiger charge is 2.24. The highest BCUT2D eigenvalue weighted by atomic mass is 16.5. The maximum atomic E-state index is 12.1. The van der Waals surface area contributed by atoms with Crippen LogP contribution in [0, 0.1) is 0 Å². The van der Waals surface area contributed by atoms with Crippen molar-refractivity contribution in [2.45, 2.75) is 38.5 Å². The molecule has 0 amide bonds. The van der Waals surface area contributed by atoms with Gasteiger partial charge in [-0.25, -0.2) is 9.78 Å². The van der Waals surface area contributed by atoms with Crippen molar-refractivity contribution >= 4 is 28.4 Å². The molecule has 0 spiro atoms. The molecule has 0 saturated carbocycles. The fraction of sp³-hybridized carbons (Fsp3) is 0.455. The van der Waals surface area contributed by atoms with E-state index in [4.69, 9.17) is 25.2 Å². The fourth-order valence-corrected chi connectivity index (χ4v) is 3.97. The first-order valence-corrected chi connectivity index (χ1v) is 10.5. The van der Waals surface area contributed by atoms with Gasteiger partial charge in [0.15, 0.2) is 0 Å². The number of aromatic carboxylic acids is 1. The summed E-state index contributed by atoms with van der Waals surface area (Å²) in [6.45, 7) is 4.45. The average Bonchev–Trinajstić information content (AvgIpc) is 2.78. The van der Waals surface area contributed by atoms with E-state index in [1.54, 1.807) is 24.4 Å². The van der Waals surface area contributed by atoms with E-state index in [0.29, 0.717) is 54.5 Å². The molecule has 2 atom stereocenters. The molecule has 2 aromatic rings. The molecule has 164 valence electrons. The van der Waals surface area contributed by atoms with Gasteiger partial charge in [0.05, 0.1) is 30.5 Å². The number of allylic oxidation sites excluding steroid dienone is 1. The topological polar surface area (TPSA) is 123 Å². The number of aromatic nitrogens is 2. The molecular formula is C22H27N5O4. The first-order valence-electron chi connectivity index (χ1n) is 10.5. The zero-order valence-electron chi connectivity index (χ0n) is 17.5. The number of fused-ring (bicyclic) bond motifs is 1. The van der Waals surface area contributed by atoms with Gasteiger partial charge in [0.2, 0.25) is 0 Å². The summed E-state index contributed by atoms with van der Waals surface area (Å²) in [4.78, 5) is 28.2. The van der Waals surface area contributed by atoms with Crippen molar-refractivity contribution in [3.05, 3.63) is 41.9 Å². The van der Waals surface area contributed by atoms with Crippen LogP contribution in [0.25, 0.3) is 10.9 Å². The van der Waals surface area contributed by atoms with Gasteiger partial charge in [0.1, 0.15) is 23.3 Å². The van der Waals surface area contributed by atoms with E-state index in [0.717, 1.165) is 19.3 Å². The highest BCUT2D eigenvalue weighted by Crippen LogP contribution is 2.28. The Balaban J connectivity index is 1.88. The zero-order chi connectivity index (χ0) is 21.8. The van der Waals surface area contributed by atoms with E-state index < -0.39 is 5.97 Å². The first-order chi connectivity index (χ1) is 15.1. The summed E-state index contributed by atoms with van der Waals surface area (Å²) in [5.41, 5.74) is 7.35. The maximum Gasteiger partial charge on any atom is 0.336 e. The molecule has 2 aromatic heterocycles. The van der Waals surface area contributed by atoms with Crippen molar-refractivity contribution in [3.8, 4) is 0 Å². The van der Waals surface area contributed by atoms with Gasteiger partial charge in [-0.15, -0.1) is 0 Å². The third kappa shape index (κ3) is 4.52. The number of rotatable bonds is 5. The summed E-state index contributed by atoms with van der Waals surface area (Å²) >= 11 is 0. The Morgan fingerprint density at radius 2 is 2.26 bits per heavy atom. The standard InChI is InChI=1S/C22H27N5O4/c1-14-13-30-11-9-27(14)18-12-16(22(28)29)15-6-8-24-21(20(15)26-18)17(5-7-23)25-19-4-2-3-10-31-19/h5-8,12,14,19H,2-4,9-11,13,23H2,1H3,(H,28,29)/t14-,19?/m1/s1. The van der Waals surface area contributed by atoms with Gasteiger partial charge in [-0.2, -0.15) is 0 Å². The Morgan fingerprint density at radius 1 is 1.39 bits per heavy atom. The molecule has 9 heteroatoms. The number of aliphatic imine (C=N–C) groups is 1. The Labute approximate surface area is 180 Å². The molecule has 4 rings (SSSR count). The molecule has 4 heterocycles. The fourth-order valence-electron chi connectivity index (χ4n) is 3.97. The van der Waals surface area contributed by atoms with Crippen molar-refractivity contribution in [1.82, 2.24) is 9.97 Å². The second-order valence-electron chi connectivity index (χ2n) is 7.70. The molecule has 0 aliphatic carbocycles. The molecule has 1 unspecified atom stereocenters. The zero-order valence-corrected chi connectivity index (χ0v) is 17.5. The Kier molecular flexibility index (Phi) is 6.43. The number of carbonyl (C=O) groups is 1. The molecule has 3 N–H and O–H groups in total. The Bertz CT molecular complexity index is 1020. The smallest absolute Gasteiger partial charge is 0.336 e. The summed E-state index contributed by atoms with van der Waals surface area (Å²) in [6.07, 6.45) is 7.22. The van der Waals surface area contributed by atoms with Gasteiger partial charge >= 0.3 is 5.97 Å². The molecular weight excluding hydrogens is 398 g/mol. The number of nitrogens with zero attached hydrogens (tertiary/aromatic N) is 4. The molecule has 2 aliphatic rings. The lowest BCUT2D eigenvalue weighted by Crippen LogP contribution is -2.44. The molecule has 2 fully saturated rings. The molecule has 0 aromatic carbocycles. The van der Waals surface area contributed by atoms with E-state index in [1.165, 1.54) is 6.20 Å². The Hall–Kier alpha value is -3.04. The van der Waals surface area contributed by atoms with Gasteiger partial charge in [0.25, 0.3) is 0 Å². The number of carboxylic acids is 1. The minimum Gasteiger partial charge on any atom is -0.478 e. The average molecular weight is 425 g/mol. The molecule has 9 nitrogen and oxygen atoms in total. The summed E-state index contributed by atoms with van der Waals surface area (Å²) in [6, 6.07) is 3.37. The third-order valence-electron chi connectivity index (χ3n) is 5.54. The molecule has 2 saturated heterocycles. The second-order valence-corrected chi connectivity index (χ2v) is 7.70. The molecule has 2 aliphatic heterocycles. The van der Waals surface area contributed by atoms with Crippen molar-refractivity contribution < 1.29 is 19.4 Å². The van der Waals surface area contributed by atoms with E-state index >= 15 is 0 Å². The lowest BCUT2D eigenvalue weighted by molar-refractivity contribution is 0.0224. The molecule has 31 heavy (non-hydrogen) atoms. The number of morpholine rings is 1. The minimum atomic E-state index is -1.02. The number of carboxylic acid groups (broad SMARTS) is 1. The number of nitrogens with two attached hydrogens (primary N) is 1. The molecule has 0 radical (unpaired) electrons. The van der Waals surface area contributed by atoms with Crippen LogP contribution in [0.1, 0.15) is 42.2 Å². The monoisotopic (exact) mass is 425 g/mol. The summed E-state index contributed by atoms with van der Waals surface area (Å²) in [7, 11) is 0. The summed E-state index contributed by atoms with van der Waals surface area (Å²) < 4.78 is 11.3. The van der Waals surface area contributed by atoms with E-state index in [9.17, 15) is 9.90 Å². The van der Waals surface area contributed by atoms with Crippen LogP contribution in [0.4, 0.5) is 5.82 Å². The SMILES string of the molecule is C[C@@H]1COCCN1c1cc(C(=O)O)c2ccnc(C(C=CN)=NC3CCCCO3)c2n1. The predicted molar refractivity (Wildman–Crippen MR) is 118 cm³/mol. The lowest BCUT2D eigenvalue weighted by atomic mass is 10.1. The number of hydrogen-bond acceptors (Lipinski definition) is 8. The van der Waals surface area contributed by atoms with Crippen LogP contribution in [-0.4, -0.2) is 65.4 Å². The van der Waals surface area contributed by atoms with Gasteiger partial charge < -0.3 is 25.2 Å². The van der Waals surface area contributed by atoms with Gasteiger partial charge in [-0.1, -0.05) is 0 Å². The van der Waals surface area contributed by atoms with E-state index in [1.807, 2.05) is 6.92 Å².